The molecule has 0 aliphatic carbocycles. The van der Waals surface area contributed by atoms with Crippen LogP contribution < -0.4 is 5.32 Å². The van der Waals surface area contributed by atoms with Gasteiger partial charge in [0.25, 0.3) is 0 Å². The summed E-state index contributed by atoms with van der Waals surface area (Å²) in [4.78, 5) is 0. The summed E-state index contributed by atoms with van der Waals surface area (Å²) in [5.74, 6) is 0. The fourth-order valence-electron chi connectivity index (χ4n) is 2.24. The van der Waals surface area contributed by atoms with E-state index in [0.717, 1.165) is 18.5 Å². The van der Waals surface area contributed by atoms with Crippen LogP contribution in [-0.2, 0) is 16.0 Å². The molecule has 0 aliphatic heterocycles. The van der Waals surface area contributed by atoms with Gasteiger partial charge in [-0.3, -0.25) is 4.68 Å². The van der Waals surface area contributed by atoms with Crippen LogP contribution in [0.3, 0.4) is 0 Å². The average Bonchev–Trinajstić information content (AvgIpc) is 2.78. The molecule has 0 amide bonds. The Kier molecular flexibility index (Phi) is 7.38. The summed E-state index contributed by atoms with van der Waals surface area (Å²) in [6.07, 6.45) is 3.77. The summed E-state index contributed by atoms with van der Waals surface area (Å²) in [6, 6.07) is 0.0248. The van der Waals surface area contributed by atoms with Crippen LogP contribution in [-0.4, -0.2) is 43.8 Å². The molecule has 0 bridgehead atoms. The minimum absolute atomic E-state index is 0.0248. The van der Waals surface area contributed by atoms with E-state index in [1.807, 2.05) is 11.7 Å². The van der Waals surface area contributed by atoms with Crippen LogP contribution in [0.1, 0.15) is 31.5 Å². The molecular weight excluding hydrogens is 266 g/mol. The Morgan fingerprint density at radius 1 is 1.47 bits per heavy atom. The Labute approximate surface area is 120 Å². The van der Waals surface area contributed by atoms with Crippen molar-refractivity contribution in [3.8, 4) is 0 Å². The van der Waals surface area contributed by atoms with E-state index in [1.54, 1.807) is 20.4 Å². The number of halogens is 1. The number of ether oxygens (including phenoxy) is 2. The van der Waals surface area contributed by atoms with E-state index in [9.17, 15) is 0 Å². The fourth-order valence-corrected chi connectivity index (χ4v) is 2.50. The maximum absolute atomic E-state index is 6.28. The zero-order valence-electron chi connectivity index (χ0n) is 12.1. The molecule has 1 rings (SSSR count). The van der Waals surface area contributed by atoms with Crippen LogP contribution in [0.4, 0.5) is 0 Å². The first-order valence-corrected chi connectivity index (χ1v) is 6.97. The molecule has 0 saturated heterocycles. The van der Waals surface area contributed by atoms with Crippen molar-refractivity contribution in [2.24, 2.45) is 0 Å². The van der Waals surface area contributed by atoms with Gasteiger partial charge in [-0.1, -0.05) is 24.9 Å². The highest BCUT2D eigenvalue weighted by Gasteiger charge is 2.26. The monoisotopic (exact) mass is 289 g/mol. The van der Waals surface area contributed by atoms with Crippen LogP contribution >= 0.6 is 11.6 Å². The lowest BCUT2D eigenvalue weighted by molar-refractivity contribution is 0.0596. The van der Waals surface area contributed by atoms with Crippen molar-refractivity contribution >= 4 is 11.6 Å². The van der Waals surface area contributed by atoms with Gasteiger partial charge in [-0.25, -0.2) is 0 Å². The first-order chi connectivity index (χ1) is 9.19. The maximum atomic E-state index is 6.28. The molecule has 2 unspecified atom stereocenters. The molecule has 6 heteroatoms. The van der Waals surface area contributed by atoms with Gasteiger partial charge in [-0.15, -0.1) is 0 Å². The van der Waals surface area contributed by atoms with Gasteiger partial charge in [0.15, 0.2) is 0 Å². The Morgan fingerprint density at radius 2 is 2.21 bits per heavy atom. The summed E-state index contributed by atoms with van der Waals surface area (Å²) < 4.78 is 12.6. The van der Waals surface area contributed by atoms with Crippen molar-refractivity contribution in [2.45, 2.75) is 38.5 Å². The highest BCUT2D eigenvalue weighted by atomic mass is 35.5. The molecule has 0 aliphatic rings. The second-order valence-electron chi connectivity index (χ2n) is 4.42. The minimum Gasteiger partial charge on any atom is -0.383 e. The van der Waals surface area contributed by atoms with Crippen molar-refractivity contribution in [1.82, 2.24) is 15.1 Å². The Bertz CT molecular complexity index is 371. The number of hydrogen-bond acceptors (Lipinski definition) is 4. The van der Waals surface area contributed by atoms with Crippen LogP contribution in [0.15, 0.2) is 6.20 Å². The van der Waals surface area contributed by atoms with E-state index in [0.29, 0.717) is 18.2 Å². The number of nitrogens with zero attached hydrogens (tertiary/aromatic N) is 2. The van der Waals surface area contributed by atoms with Gasteiger partial charge in [0.1, 0.15) is 0 Å². The number of aromatic nitrogens is 2. The van der Waals surface area contributed by atoms with Gasteiger partial charge in [0.05, 0.1) is 42.2 Å². The van der Waals surface area contributed by atoms with E-state index in [-0.39, 0.29) is 12.1 Å². The van der Waals surface area contributed by atoms with E-state index >= 15 is 0 Å². The first kappa shape index (κ1) is 16.4. The third-order valence-electron chi connectivity index (χ3n) is 3.19. The smallest absolute Gasteiger partial charge is 0.0835 e. The molecule has 0 spiro atoms. The predicted octanol–water partition coefficient (Wildman–Crippen LogP) is 2.26. The molecule has 5 nitrogen and oxygen atoms in total. The maximum Gasteiger partial charge on any atom is 0.0835 e. The van der Waals surface area contributed by atoms with E-state index < -0.39 is 0 Å². The second-order valence-corrected chi connectivity index (χ2v) is 4.83. The van der Waals surface area contributed by atoms with Gasteiger partial charge in [-0.2, -0.15) is 5.10 Å². The van der Waals surface area contributed by atoms with Crippen LogP contribution in [0.2, 0.25) is 5.02 Å². The number of hydrogen-bond donors (Lipinski definition) is 1. The van der Waals surface area contributed by atoms with Crippen LogP contribution in [0.25, 0.3) is 0 Å². The van der Waals surface area contributed by atoms with Crippen molar-refractivity contribution in [2.75, 3.05) is 27.9 Å². The molecule has 0 fully saturated rings. The SMILES string of the molecule is CCCC(OC)C(NC)c1c(Cl)cnn1CCOC. The summed E-state index contributed by atoms with van der Waals surface area (Å²) >= 11 is 6.28. The summed E-state index contributed by atoms with van der Waals surface area (Å²) in [5, 5.41) is 8.26. The molecule has 1 aromatic rings. The van der Waals surface area contributed by atoms with Gasteiger partial charge in [0.2, 0.25) is 0 Å². The Morgan fingerprint density at radius 3 is 2.74 bits per heavy atom. The zero-order chi connectivity index (χ0) is 14.3. The fraction of sp³-hybridized carbons (Fsp3) is 0.769. The summed E-state index contributed by atoms with van der Waals surface area (Å²) in [6.45, 7) is 3.43. The molecule has 19 heavy (non-hydrogen) atoms. The number of rotatable bonds is 9. The zero-order valence-corrected chi connectivity index (χ0v) is 12.9. The third kappa shape index (κ3) is 4.18. The summed E-state index contributed by atoms with van der Waals surface area (Å²) in [5.41, 5.74) is 0.960. The number of nitrogens with one attached hydrogen (secondary N) is 1. The molecule has 0 saturated carbocycles. The topological polar surface area (TPSA) is 48.3 Å². The minimum atomic E-state index is 0.0248. The van der Waals surface area contributed by atoms with Gasteiger partial charge >= 0.3 is 0 Å². The van der Waals surface area contributed by atoms with Crippen LogP contribution in [0, 0.1) is 0 Å². The standard InChI is InChI=1S/C13H24ClN3O2/c1-5-6-11(19-4)12(15-2)13-10(14)9-16-17(13)7-8-18-3/h9,11-12,15H,5-8H2,1-4H3. The first-order valence-electron chi connectivity index (χ1n) is 6.59. The normalized spacial score (nSPS) is 14.6. The Hall–Kier alpha value is -0.620. The lowest BCUT2D eigenvalue weighted by Crippen LogP contribution is -2.33. The quantitative estimate of drug-likeness (QED) is 0.757. The van der Waals surface area contributed by atoms with E-state index in [4.69, 9.17) is 21.1 Å². The highest BCUT2D eigenvalue weighted by molar-refractivity contribution is 6.31. The van der Waals surface area contributed by atoms with Gasteiger partial charge in [0, 0.05) is 14.2 Å². The van der Waals surface area contributed by atoms with E-state index in [1.165, 1.54) is 0 Å². The van der Waals surface area contributed by atoms with Crippen LogP contribution in [0.5, 0.6) is 0 Å². The van der Waals surface area contributed by atoms with Crippen molar-refractivity contribution in [3.63, 3.8) is 0 Å². The third-order valence-corrected chi connectivity index (χ3v) is 3.48. The molecule has 1 N–H and O–H groups in total. The molecule has 110 valence electrons. The molecule has 0 radical (unpaired) electrons. The second kappa shape index (κ2) is 8.53. The lowest BCUT2D eigenvalue weighted by Gasteiger charge is -2.26. The predicted molar refractivity (Wildman–Crippen MR) is 76.6 cm³/mol. The molecular formula is C13H24ClN3O2. The van der Waals surface area contributed by atoms with E-state index in [2.05, 4.69) is 17.3 Å². The molecule has 2 atom stereocenters. The van der Waals surface area contributed by atoms with Crippen molar-refractivity contribution in [1.29, 1.82) is 0 Å². The van der Waals surface area contributed by atoms with Gasteiger partial charge < -0.3 is 14.8 Å². The lowest BCUT2D eigenvalue weighted by atomic mass is 10.0. The summed E-state index contributed by atoms with van der Waals surface area (Å²) in [7, 11) is 5.32. The Balaban J connectivity index is 2.98. The number of methoxy groups -OCH3 is 2. The highest BCUT2D eigenvalue weighted by Crippen LogP contribution is 2.28. The van der Waals surface area contributed by atoms with Crippen molar-refractivity contribution in [3.05, 3.63) is 16.9 Å². The molecule has 1 aromatic heterocycles. The largest absolute Gasteiger partial charge is 0.383 e. The molecule has 1 heterocycles. The van der Waals surface area contributed by atoms with Gasteiger partial charge in [-0.05, 0) is 13.5 Å². The molecule has 0 aromatic carbocycles. The van der Waals surface area contributed by atoms with Crippen molar-refractivity contribution < 1.29 is 9.47 Å². The number of likely N-dealkylation sites (N-methyl/N-ethyl adjacent to an activating group) is 1. The average molecular weight is 290 g/mol.